The maximum absolute atomic E-state index is 12.2. The quantitative estimate of drug-likeness (QED) is 0.820. The molecule has 2 fully saturated rings. The highest BCUT2D eigenvalue weighted by Crippen LogP contribution is 2.25. The Morgan fingerprint density at radius 2 is 2.00 bits per heavy atom. The van der Waals surface area contributed by atoms with Crippen LogP contribution in [0.3, 0.4) is 0 Å². The summed E-state index contributed by atoms with van der Waals surface area (Å²) in [7, 11) is 0. The van der Waals surface area contributed by atoms with E-state index >= 15 is 0 Å². The van der Waals surface area contributed by atoms with Crippen molar-refractivity contribution in [3.05, 3.63) is 0 Å². The largest absolute Gasteiger partial charge is 0.394 e. The van der Waals surface area contributed by atoms with Gasteiger partial charge in [-0.05, 0) is 19.8 Å². The molecular weight excluding hydrogens is 230 g/mol. The minimum Gasteiger partial charge on any atom is -0.394 e. The van der Waals surface area contributed by atoms with Crippen molar-refractivity contribution in [2.24, 2.45) is 5.92 Å². The first-order chi connectivity index (χ1) is 8.69. The second kappa shape index (κ2) is 6.64. The van der Waals surface area contributed by atoms with Crippen LogP contribution in [0.2, 0.25) is 0 Å². The number of aliphatic hydroxyl groups excluding tert-OH is 1. The van der Waals surface area contributed by atoms with Gasteiger partial charge in [0, 0.05) is 19.0 Å². The minimum atomic E-state index is -0.132. The second-order valence-electron chi connectivity index (χ2n) is 5.75. The van der Waals surface area contributed by atoms with Crippen LogP contribution in [-0.4, -0.2) is 54.2 Å². The molecule has 0 aromatic carbocycles. The lowest BCUT2D eigenvalue weighted by molar-refractivity contribution is -0.131. The van der Waals surface area contributed by atoms with Crippen molar-refractivity contribution < 1.29 is 14.6 Å². The highest BCUT2D eigenvalue weighted by molar-refractivity contribution is 5.83. The van der Waals surface area contributed by atoms with Crippen LogP contribution in [0.25, 0.3) is 0 Å². The summed E-state index contributed by atoms with van der Waals surface area (Å²) in [5, 5.41) is 9.17. The minimum absolute atomic E-state index is 0.0401. The molecule has 2 aliphatic rings. The number of carbonyl (C=O) groups excluding carboxylic acids is 1. The maximum Gasteiger partial charge on any atom is 0.149 e. The molecule has 1 N–H and O–H groups in total. The molecule has 0 aromatic heterocycles. The van der Waals surface area contributed by atoms with E-state index < -0.39 is 0 Å². The molecule has 2 atom stereocenters. The molecule has 1 aliphatic heterocycles. The second-order valence-corrected chi connectivity index (χ2v) is 5.75. The molecule has 1 heterocycles. The van der Waals surface area contributed by atoms with Gasteiger partial charge >= 0.3 is 0 Å². The van der Waals surface area contributed by atoms with E-state index in [0.29, 0.717) is 18.9 Å². The third kappa shape index (κ3) is 3.77. The predicted octanol–water partition coefficient (Wildman–Crippen LogP) is 1.22. The molecule has 4 nitrogen and oxygen atoms in total. The van der Waals surface area contributed by atoms with Gasteiger partial charge in [0.1, 0.15) is 5.78 Å². The van der Waals surface area contributed by atoms with Crippen LogP contribution in [-0.2, 0) is 9.53 Å². The molecule has 4 heteroatoms. The lowest BCUT2D eigenvalue weighted by Crippen LogP contribution is -2.50. The van der Waals surface area contributed by atoms with Crippen molar-refractivity contribution in [2.75, 3.05) is 26.2 Å². The Balaban J connectivity index is 1.82. The third-order valence-corrected chi connectivity index (χ3v) is 4.05. The highest BCUT2D eigenvalue weighted by Gasteiger charge is 2.28. The molecule has 2 unspecified atom stereocenters. The average molecular weight is 255 g/mol. The molecule has 1 saturated carbocycles. The zero-order valence-corrected chi connectivity index (χ0v) is 11.3. The van der Waals surface area contributed by atoms with Gasteiger partial charge in [-0.25, -0.2) is 0 Å². The number of hydrogen-bond donors (Lipinski definition) is 1. The van der Waals surface area contributed by atoms with Crippen LogP contribution < -0.4 is 0 Å². The zero-order valence-electron chi connectivity index (χ0n) is 11.3. The SMILES string of the molecule is CC1CN(CC(=O)C2CCCCC2)CC(CO)O1. The van der Waals surface area contributed by atoms with Crippen LogP contribution >= 0.6 is 0 Å². The molecule has 2 rings (SSSR count). The first-order valence-corrected chi connectivity index (χ1v) is 7.20. The molecule has 0 spiro atoms. The Labute approximate surface area is 109 Å². The molecular formula is C14H25NO3. The number of aliphatic hydroxyl groups is 1. The van der Waals surface area contributed by atoms with E-state index in [1.165, 1.54) is 19.3 Å². The third-order valence-electron chi connectivity index (χ3n) is 4.05. The molecule has 1 saturated heterocycles. The molecule has 104 valence electrons. The van der Waals surface area contributed by atoms with E-state index in [1.54, 1.807) is 0 Å². The Kier molecular flexibility index (Phi) is 5.15. The number of ether oxygens (including phenoxy) is 1. The summed E-state index contributed by atoms with van der Waals surface area (Å²) in [5.41, 5.74) is 0. The van der Waals surface area contributed by atoms with Gasteiger partial charge in [0.2, 0.25) is 0 Å². The normalized spacial score (nSPS) is 31.4. The number of carbonyl (C=O) groups is 1. The summed E-state index contributed by atoms with van der Waals surface area (Å²) in [6, 6.07) is 0. The smallest absolute Gasteiger partial charge is 0.149 e. The van der Waals surface area contributed by atoms with Crippen LogP contribution in [0.15, 0.2) is 0 Å². The van der Waals surface area contributed by atoms with Crippen molar-refractivity contribution in [3.63, 3.8) is 0 Å². The summed E-state index contributed by atoms with van der Waals surface area (Å²) in [5.74, 6) is 0.671. The van der Waals surface area contributed by atoms with E-state index in [9.17, 15) is 9.90 Å². The zero-order chi connectivity index (χ0) is 13.0. The van der Waals surface area contributed by atoms with Crippen molar-refractivity contribution in [1.29, 1.82) is 0 Å². The van der Waals surface area contributed by atoms with Gasteiger partial charge in [-0.2, -0.15) is 0 Å². The van der Waals surface area contributed by atoms with Crippen molar-refractivity contribution in [2.45, 2.75) is 51.2 Å². The van der Waals surface area contributed by atoms with Crippen molar-refractivity contribution >= 4 is 5.78 Å². The number of Topliss-reactive ketones (excluding diaryl/α,β-unsaturated/α-hetero) is 1. The molecule has 0 aromatic rings. The summed E-state index contributed by atoms with van der Waals surface area (Å²) in [6.07, 6.45) is 5.81. The fourth-order valence-electron chi connectivity index (χ4n) is 3.14. The van der Waals surface area contributed by atoms with E-state index in [2.05, 4.69) is 4.90 Å². The van der Waals surface area contributed by atoms with E-state index in [1.807, 2.05) is 6.92 Å². The van der Waals surface area contributed by atoms with Gasteiger partial charge in [-0.15, -0.1) is 0 Å². The standard InChI is InChI=1S/C14H25NO3/c1-11-7-15(8-13(10-16)18-11)9-14(17)12-5-3-2-4-6-12/h11-13,16H,2-10H2,1H3. The summed E-state index contributed by atoms with van der Waals surface area (Å²) >= 11 is 0. The van der Waals surface area contributed by atoms with Crippen LogP contribution in [0.1, 0.15) is 39.0 Å². The monoisotopic (exact) mass is 255 g/mol. The van der Waals surface area contributed by atoms with Gasteiger partial charge < -0.3 is 9.84 Å². The number of hydrogen-bond acceptors (Lipinski definition) is 4. The molecule has 18 heavy (non-hydrogen) atoms. The molecule has 1 aliphatic carbocycles. The summed E-state index contributed by atoms with van der Waals surface area (Å²) in [6.45, 7) is 4.06. The van der Waals surface area contributed by atoms with Gasteiger partial charge in [0.05, 0.1) is 25.4 Å². The Morgan fingerprint density at radius 3 is 2.67 bits per heavy atom. The van der Waals surface area contributed by atoms with E-state index in [0.717, 1.165) is 19.4 Å². The van der Waals surface area contributed by atoms with Gasteiger partial charge in [-0.3, -0.25) is 9.69 Å². The fourth-order valence-corrected chi connectivity index (χ4v) is 3.14. The number of nitrogens with zero attached hydrogens (tertiary/aromatic N) is 1. The lowest BCUT2D eigenvalue weighted by atomic mass is 9.86. The van der Waals surface area contributed by atoms with E-state index in [4.69, 9.17) is 4.74 Å². The fraction of sp³-hybridized carbons (Fsp3) is 0.929. The Hall–Kier alpha value is -0.450. The summed E-state index contributed by atoms with van der Waals surface area (Å²) in [4.78, 5) is 14.4. The van der Waals surface area contributed by atoms with Crippen LogP contribution in [0.4, 0.5) is 0 Å². The topological polar surface area (TPSA) is 49.8 Å². The maximum atomic E-state index is 12.2. The van der Waals surface area contributed by atoms with Gasteiger partial charge in [-0.1, -0.05) is 19.3 Å². The van der Waals surface area contributed by atoms with Crippen molar-refractivity contribution in [1.82, 2.24) is 4.90 Å². The van der Waals surface area contributed by atoms with Crippen LogP contribution in [0.5, 0.6) is 0 Å². The Bertz CT molecular complexity index is 276. The molecule has 0 radical (unpaired) electrons. The van der Waals surface area contributed by atoms with Crippen molar-refractivity contribution in [3.8, 4) is 0 Å². The average Bonchev–Trinajstić information content (AvgIpc) is 2.39. The number of morpholine rings is 1. The van der Waals surface area contributed by atoms with E-state index in [-0.39, 0.29) is 24.7 Å². The first-order valence-electron chi connectivity index (χ1n) is 7.20. The molecule has 0 amide bonds. The summed E-state index contributed by atoms with van der Waals surface area (Å²) < 4.78 is 5.59. The van der Waals surface area contributed by atoms with Gasteiger partial charge in [0.15, 0.2) is 0 Å². The first kappa shape index (κ1) is 14.0. The Morgan fingerprint density at radius 1 is 1.28 bits per heavy atom. The lowest BCUT2D eigenvalue weighted by Gasteiger charge is -2.36. The predicted molar refractivity (Wildman–Crippen MR) is 69.4 cm³/mol. The number of ketones is 1. The van der Waals surface area contributed by atoms with Gasteiger partial charge in [0.25, 0.3) is 0 Å². The highest BCUT2D eigenvalue weighted by atomic mass is 16.5. The molecule has 0 bridgehead atoms. The number of rotatable bonds is 4. The van der Waals surface area contributed by atoms with Crippen LogP contribution in [0, 0.1) is 5.92 Å².